The lowest BCUT2D eigenvalue weighted by molar-refractivity contribution is 0.628. The number of hydrogen-bond donors (Lipinski definition) is 0. The van der Waals surface area contributed by atoms with Gasteiger partial charge < -0.3 is 0 Å². The fraction of sp³-hybridized carbons (Fsp3) is 0. The molecule has 2 aromatic rings. The Morgan fingerprint density at radius 1 is 0.786 bits per heavy atom. The van der Waals surface area contributed by atoms with Gasteiger partial charge in [-0.3, -0.25) is 0 Å². The molecule has 0 aliphatic heterocycles. The summed E-state index contributed by atoms with van der Waals surface area (Å²) in [6.45, 7) is 0. The molecule has 0 fully saturated rings. The molecule has 2 aromatic carbocycles. The normalized spacial score (nSPS) is 9.21. The Labute approximate surface area is 98.9 Å². The van der Waals surface area contributed by atoms with Gasteiger partial charge in [0.2, 0.25) is 0 Å². The Kier molecular flexibility index (Phi) is 4.10. The van der Waals surface area contributed by atoms with E-state index in [2.05, 4.69) is 6.07 Å². The zero-order valence-corrected chi connectivity index (χ0v) is 7.00. The van der Waals surface area contributed by atoms with Crippen molar-refractivity contribution in [1.29, 1.82) is 0 Å². The molecule has 0 atom stereocenters. The molecular weight excluding hydrogens is 187 g/mol. The molecule has 0 saturated carbocycles. The third-order valence-electron chi connectivity index (χ3n) is 1.90. The molecule has 0 heterocycles. The van der Waals surface area contributed by atoms with E-state index >= 15 is 0 Å². The maximum absolute atomic E-state index is 12.6. The molecule has 0 N–H and O–H groups in total. The predicted molar refractivity (Wildman–Crippen MR) is 59.2 cm³/mol. The average molecular weight is 198 g/mol. The number of hydrogen-bond acceptors (Lipinski definition) is 0. The molecule has 14 heavy (non-hydrogen) atoms. The van der Waals surface area contributed by atoms with Crippen LogP contribution in [0.25, 0.3) is 11.1 Å². The summed E-state index contributed by atoms with van der Waals surface area (Å²) in [7, 11) is 0. The van der Waals surface area contributed by atoms with E-state index in [4.69, 9.17) is 0 Å². The Morgan fingerprint density at radius 3 is 1.86 bits per heavy atom. The molecule has 0 aliphatic carbocycles. The summed E-state index contributed by atoms with van der Waals surface area (Å²) in [4.78, 5) is 0. The average Bonchev–Trinajstić information content (AvgIpc) is 2.20. The smallest absolute Gasteiger partial charge is 0.207 e. The highest BCUT2D eigenvalue weighted by molar-refractivity contribution is 5.75. The Hall–Kier alpha value is -0.864. The van der Waals surface area contributed by atoms with Crippen molar-refractivity contribution in [3.05, 3.63) is 60.4 Å². The Morgan fingerprint density at radius 2 is 1.29 bits per heavy atom. The number of rotatable bonds is 1. The molecule has 0 nitrogen and oxygen atoms in total. The molecule has 1 radical (unpaired) electrons. The fourth-order valence-electron chi connectivity index (χ4n) is 1.22. The minimum Gasteiger partial charge on any atom is -0.207 e. The van der Waals surface area contributed by atoms with E-state index in [-0.39, 0.29) is 28.9 Å². The van der Waals surface area contributed by atoms with Crippen LogP contribution < -0.4 is 0 Å². The van der Waals surface area contributed by atoms with Gasteiger partial charge in [0.1, 0.15) is 5.82 Å². The third-order valence-corrected chi connectivity index (χ3v) is 1.90. The molecule has 0 aliphatic rings. The number of benzene rings is 2. The monoisotopic (exact) mass is 197 g/mol. The van der Waals surface area contributed by atoms with Crippen LogP contribution in [-0.2, 0) is 0 Å². The molecular formula is C12H10FMg. The topological polar surface area (TPSA) is 0 Å². The van der Waals surface area contributed by atoms with Crippen LogP contribution in [0.1, 0.15) is 0 Å². The van der Waals surface area contributed by atoms with Crippen molar-refractivity contribution in [3.8, 4) is 11.1 Å². The first-order chi connectivity index (χ1) is 6.36. The molecule has 67 valence electrons. The van der Waals surface area contributed by atoms with Crippen molar-refractivity contribution in [3.63, 3.8) is 0 Å². The lowest BCUT2D eigenvalue weighted by Crippen LogP contribution is -1.77. The van der Waals surface area contributed by atoms with Crippen LogP contribution >= 0.6 is 0 Å². The van der Waals surface area contributed by atoms with Crippen molar-refractivity contribution in [2.24, 2.45) is 0 Å². The molecule has 0 aromatic heterocycles. The van der Waals surface area contributed by atoms with E-state index in [0.29, 0.717) is 0 Å². The van der Waals surface area contributed by atoms with E-state index in [1.807, 2.05) is 24.3 Å². The van der Waals surface area contributed by atoms with Crippen LogP contribution in [0.5, 0.6) is 0 Å². The summed E-state index contributed by atoms with van der Waals surface area (Å²) < 4.78 is 12.6. The van der Waals surface area contributed by atoms with Gasteiger partial charge in [-0.15, -0.1) is 0 Å². The molecule has 0 unspecified atom stereocenters. The Balaban J connectivity index is 0.000000980. The molecule has 0 spiro atoms. The first-order valence-electron chi connectivity index (χ1n) is 4.08. The van der Waals surface area contributed by atoms with E-state index in [0.717, 1.165) is 11.1 Å². The van der Waals surface area contributed by atoms with Gasteiger partial charge in [-0.25, -0.2) is 4.39 Å². The molecule has 2 heteroatoms. The summed E-state index contributed by atoms with van der Waals surface area (Å²) in [5.74, 6) is -0.203. The highest BCUT2D eigenvalue weighted by atomic mass is 24.3. The third kappa shape index (κ3) is 2.56. The highest BCUT2D eigenvalue weighted by Crippen LogP contribution is 2.18. The summed E-state index contributed by atoms with van der Waals surface area (Å²) >= 11 is 0. The predicted octanol–water partition coefficient (Wildman–Crippen LogP) is 2.38. The quantitative estimate of drug-likeness (QED) is 0.616. The van der Waals surface area contributed by atoms with Crippen LogP contribution in [0.15, 0.2) is 48.5 Å². The minimum atomic E-state index is -0.203. The second-order valence-corrected chi connectivity index (χ2v) is 2.80. The standard InChI is InChI=1S/C12H8F.Mg.2H/c13-12-8-6-11(7-9-12)10-4-2-1-3-5-10;;;/h2-9H;;;. The van der Waals surface area contributed by atoms with Crippen molar-refractivity contribution in [1.82, 2.24) is 0 Å². The van der Waals surface area contributed by atoms with Gasteiger partial charge in [0.15, 0.2) is 0 Å². The zero-order chi connectivity index (χ0) is 9.10. The van der Waals surface area contributed by atoms with Gasteiger partial charge >= 0.3 is 23.1 Å². The zero-order valence-electron chi connectivity index (χ0n) is 7.00. The summed E-state index contributed by atoms with van der Waals surface area (Å²) in [6, 6.07) is 17.0. The maximum Gasteiger partial charge on any atom is 0.316 e. The Bertz CT molecular complexity index is 381. The van der Waals surface area contributed by atoms with Gasteiger partial charge in [-0.05, 0) is 29.3 Å². The summed E-state index contributed by atoms with van der Waals surface area (Å²) in [5, 5.41) is 0. The summed E-state index contributed by atoms with van der Waals surface area (Å²) in [6.07, 6.45) is 0. The first-order valence-corrected chi connectivity index (χ1v) is 4.08. The van der Waals surface area contributed by atoms with Gasteiger partial charge in [0.05, 0.1) is 0 Å². The van der Waals surface area contributed by atoms with Crippen LogP contribution in [0, 0.1) is 11.9 Å². The van der Waals surface area contributed by atoms with Crippen LogP contribution in [0.4, 0.5) is 4.39 Å². The highest BCUT2D eigenvalue weighted by Gasteiger charge is 1.95. The lowest BCUT2D eigenvalue weighted by atomic mass is 10.1. The van der Waals surface area contributed by atoms with Crippen molar-refractivity contribution < 1.29 is 4.39 Å². The second kappa shape index (κ2) is 5.13. The molecule has 0 amide bonds. The van der Waals surface area contributed by atoms with Crippen molar-refractivity contribution >= 4 is 23.1 Å². The van der Waals surface area contributed by atoms with Crippen molar-refractivity contribution in [2.45, 2.75) is 0 Å². The molecule has 2 rings (SSSR count). The fourth-order valence-corrected chi connectivity index (χ4v) is 1.22. The van der Waals surface area contributed by atoms with E-state index < -0.39 is 0 Å². The second-order valence-electron chi connectivity index (χ2n) is 2.80. The largest absolute Gasteiger partial charge is 0.316 e. The maximum atomic E-state index is 12.6. The van der Waals surface area contributed by atoms with Gasteiger partial charge in [-0.2, -0.15) is 0 Å². The summed E-state index contributed by atoms with van der Waals surface area (Å²) in [5.41, 5.74) is 2.11. The van der Waals surface area contributed by atoms with Gasteiger partial charge in [0, 0.05) is 0 Å². The van der Waals surface area contributed by atoms with Gasteiger partial charge in [-0.1, -0.05) is 36.4 Å². The van der Waals surface area contributed by atoms with Crippen LogP contribution in [0.2, 0.25) is 0 Å². The molecule has 0 saturated heterocycles. The molecule has 0 bridgehead atoms. The van der Waals surface area contributed by atoms with E-state index in [9.17, 15) is 4.39 Å². The van der Waals surface area contributed by atoms with Crippen LogP contribution in [-0.4, -0.2) is 23.1 Å². The number of halogens is 1. The first kappa shape index (κ1) is 11.2. The van der Waals surface area contributed by atoms with Crippen molar-refractivity contribution in [2.75, 3.05) is 0 Å². The lowest BCUT2D eigenvalue weighted by Gasteiger charge is -1.99. The van der Waals surface area contributed by atoms with Crippen LogP contribution in [0.3, 0.4) is 0 Å². The van der Waals surface area contributed by atoms with E-state index in [1.54, 1.807) is 12.1 Å². The van der Waals surface area contributed by atoms with E-state index in [1.165, 1.54) is 12.1 Å². The SMILES string of the molecule is Fc1ccc(-c2cc[c]cc2)cc1.[MgH2]. The minimum absolute atomic E-state index is 0. The van der Waals surface area contributed by atoms with Gasteiger partial charge in [0.25, 0.3) is 0 Å².